The third kappa shape index (κ3) is 4.60. The molecule has 112 valence electrons. The van der Waals surface area contributed by atoms with Crippen molar-refractivity contribution in [2.45, 2.75) is 51.5 Å². The average Bonchev–Trinajstić information content (AvgIpc) is 2.44. The smallest absolute Gasteiger partial charge is 0.0502 e. The first kappa shape index (κ1) is 15.5. The second-order valence-electron chi connectivity index (χ2n) is 6.02. The summed E-state index contributed by atoms with van der Waals surface area (Å²) in [4.78, 5) is 0. The molecule has 1 aliphatic rings. The zero-order valence-electron chi connectivity index (χ0n) is 13.0. The van der Waals surface area contributed by atoms with Crippen molar-refractivity contribution in [2.24, 2.45) is 5.92 Å². The van der Waals surface area contributed by atoms with Crippen LogP contribution >= 0.6 is 0 Å². The summed E-state index contributed by atoms with van der Waals surface area (Å²) < 4.78 is 5.14. The van der Waals surface area contributed by atoms with Crippen molar-refractivity contribution in [2.75, 3.05) is 20.3 Å². The highest BCUT2D eigenvalue weighted by Crippen LogP contribution is 2.34. The van der Waals surface area contributed by atoms with Gasteiger partial charge >= 0.3 is 0 Å². The van der Waals surface area contributed by atoms with E-state index >= 15 is 0 Å². The third-order valence-electron chi connectivity index (χ3n) is 4.41. The lowest BCUT2D eigenvalue weighted by atomic mass is 9.79. The van der Waals surface area contributed by atoms with Crippen LogP contribution in [0.4, 0.5) is 0 Å². The lowest BCUT2D eigenvalue weighted by Crippen LogP contribution is -2.26. The van der Waals surface area contributed by atoms with Gasteiger partial charge in [-0.2, -0.15) is 0 Å². The van der Waals surface area contributed by atoms with Gasteiger partial charge in [-0.15, -0.1) is 0 Å². The average molecular weight is 275 g/mol. The Morgan fingerprint density at radius 3 is 2.55 bits per heavy atom. The molecule has 0 radical (unpaired) electrons. The molecule has 1 saturated carbocycles. The Morgan fingerprint density at radius 1 is 1.25 bits per heavy atom. The lowest BCUT2D eigenvalue weighted by molar-refractivity contribution is 0.202. The predicted molar refractivity (Wildman–Crippen MR) is 85.0 cm³/mol. The van der Waals surface area contributed by atoms with Crippen molar-refractivity contribution >= 4 is 0 Å². The zero-order chi connectivity index (χ0) is 14.2. The maximum atomic E-state index is 5.14. The van der Waals surface area contributed by atoms with E-state index in [9.17, 15) is 0 Å². The second-order valence-corrected chi connectivity index (χ2v) is 6.02. The summed E-state index contributed by atoms with van der Waals surface area (Å²) >= 11 is 0. The summed E-state index contributed by atoms with van der Waals surface area (Å²) in [6.07, 6.45) is 7.80. The molecule has 1 aromatic carbocycles. The van der Waals surface area contributed by atoms with Gasteiger partial charge in [-0.25, -0.2) is 0 Å². The summed E-state index contributed by atoms with van der Waals surface area (Å²) in [5.74, 6) is 0.942. The monoisotopic (exact) mass is 275 g/mol. The Labute approximate surface area is 123 Å². The lowest BCUT2D eigenvalue weighted by Gasteiger charge is -2.30. The Kier molecular flexibility index (Phi) is 6.55. The van der Waals surface area contributed by atoms with Crippen molar-refractivity contribution in [3.63, 3.8) is 0 Å². The van der Waals surface area contributed by atoms with Crippen LogP contribution in [0.2, 0.25) is 0 Å². The summed E-state index contributed by atoms with van der Waals surface area (Å²) in [6.45, 7) is 4.16. The first-order valence-electron chi connectivity index (χ1n) is 8.14. The number of benzene rings is 1. The molecule has 0 heterocycles. The van der Waals surface area contributed by atoms with Gasteiger partial charge in [0.2, 0.25) is 0 Å². The number of nitrogens with one attached hydrogen (secondary N) is 1. The SMILES string of the molecule is CCCNC(CC1CCC1)c1ccc(CCOC)cc1. The van der Waals surface area contributed by atoms with Crippen LogP contribution in [-0.2, 0) is 11.2 Å². The topological polar surface area (TPSA) is 21.3 Å². The van der Waals surface area contributed by atoms with Crippen molar-refractivity contribution in [3.05, 3.63) is 35.4 Å². The normalized spacial score (nSPS) is 16.9. The minimum Gasteiger partial charge on any atom is -0.384 e. The quantitative estimate of drug-likeness (QED) is 0.732. The first-order valence-corrected chi connectivity index (χ1v) is 8.14. The van der Waals surface area contributed by atoms with Crippen LogP contribution in [0.3, 0.4) is 0 Å². The Morgan fingerprint density at radius 2 is 2.00 bits per heavy atom. The number of rotatable bonds is 9. The standard InChI is InChI=1S/C18H29NO/c1-3-12-19-18(14-16-5-4-6-16)17-9-7-15(8-10-17)11-13-20-2/h7-10,16,18-19H,3-6,11-14H2,1-2H3. The molecule has 1 unspecified atom stereocenters. The van der Waals surface area contributed by atoms with E-state index in [1.54, 1.807) is 7.11 Å². The predicted octanol–water partition coefficient (Wildman–Crippen LogP) is 4.11. The molecule has 1 N–H and O–H groups in total. The Balaban J connectivity index is 1.95. The molecule has 0 aromatic heterocycles. The van der Waals surface area contributed by atoms with Crippen molar-refractivity contribution in [3.8, 4) is 0 Å². The van der Waals surface area contributed by atoms with E-state index in [1.807, 2.05) is 0 Å². The van der Waals surface area contributed by atoms with Gasteiger partial charge < -0.3 is 10.1 Å². The molecule has 0 amide bonds. The van der Waals surface area contributed by atoms with Crippen LogP contribution in [0.15, 0.2) is 24.3 Å². The summed E-state index contributed by atoms with van der Waals surface area (Å²) in [7, 11) is 1.76. The van der Waals surface area contributed by atoms with E-state index in [0.717, 1.165) is 25.5 Å². The number of hydrogen-bond donors (Lipinski definition) is 1. The van der Waals surface area contributed by atoms with E-state index in [4.69, 9.17) is 4.74 Å². The van der Waals surface area contributed by atoms with Gasteiger partial charge in [-0.3, -0.25) is 0 Å². The highest BCUT2D eigenvalue weighted by Gasteiger charge is 2.22. The molecular weight excluding hydrogens is 246 g/mol. The highest BCUT2D eigenvalue weighted by molar-refractivity contribution is 5.25. The molecule has 1 aromatic rings. The van der Waals surface area contributed by atoms with E-state index in [1.165, 1.54) is 43.2 Å². The molecule has 0 saturated heterocycles. The van der Waals surface area contributed by atoms with E-state index in [2.05, 4.69) is 36.5 Å². The Bertz CT molecular complexity index is 370. The van der Waals surface area contributed by atoms with Crippen LogP contribution in [0, 0.1) is 5.92 Å². The maximum Gasteiger partial charge on any atom is 0.0502 e. The van der Waals surface area contributed by atoms with Crippen molar-refractivity contribution in [1.29, 1.82) is 0 Å². The second kappa shape index (κ2) is 8.43. The zero-order valence-corrected chi connectivity index (χ0v) is 13.0. The minimum absolute atomic E-state index is 0.539. The maximum absolute atomic E-state index is 5.14. The summed E-state index contributed by atoms with van der Waals surface area (Å²) in [5, 5.41) is 3.72. The molecule has 1 aliphatic carbocycles. The van der Waals surface area contributed by atoms with Crippen molar-refractivity contribution in [1.82, 2.24) is 5.32 Å². The van der Waals surface area contributed by atoms with Gasteiger partial charge in [-0.05, 0) is 42.9 Å². The largest absolute Gasteiger partial charge is 0.384 e. The molecule has 1 fully saturated rings. The van der Waals surface area contributed by atoms with Gasteiger partial charge in [0.1, 0.15) is 0 Å². The van der Waals surface area contributed by atoms with Gasteiger partial charge in [0.15, 0.2) is 0 Å². The first-order chi connectivity index (χ1) is 9.83. The van der Waals surface area contributed by atoms with Crippen LogP contribution in [-0.4, -0.2) is 20.3 Å². The fraction of sp³-hybridized carbons (Fsp3) is 0.667. The van der Waals surface area contributed by atoms with Crippen LogP contribution in [0.25, 0.3) is 0 Å². The molecule has 1 atom stereocenters. The van der Waals surface area contributed by atoms with Crippen LogP contribution in [0.5, 0.6) is 0 Å². The molecule has 0 bridgehead atoms. The summed E-state index contributed by atoms with van der Waals surface area (Å²) in [6, 6.07) is 9.66. The highest BCUT2D eigenvalue weighted by atomic mass is 16.5. The van der Waals surface area contributed by atoms with Crippen molar-refractivity contribution < 1.29 is 4.74 Å². The molecule has 2 nitrogen and oxygen atoms in total. The minimum atomic E-state index is 0.539. The van der Waals surface area contributed by atoms with Crippen LogP contribution < -0.4 is 5.32 Å². The number of hydrogen-bond acceptors (Lipinski definition) is 2. The van der Waals surface area contributed by atoms with E-state index < -0.39 is 0 Å². The molecular formula is C18H29NO. The van der Waals surface area contributed by atoms with Gasteiger partial charge in [0.25, 0.3) is 0 Å². The molecule has 0 aliphatic heterocycles. The molecule has 20 heavy (non-hydrogen) atoms. The molecule has 2 heteroatoms. The van der Waals surface area contributed by atoms with E-state index in [-0.39, 0.29) is 0 Å². The van der Waals surface area contributed by atoms with Gasteiger partial charge in [0, 0.05) is 13.2 Å². The van der Waals surface area contributed by atoms with Gasteiger partial charge in [-0.1, -0.05) is 50.5 Å². The van der Waals surface area contributed by atoms with Crippen LogP contribution in [0.1, 0.15) is 56.2 Å². The molecule has 0 spiro atoms. The molecule has 2 rings (SSSR count). The Hall–Kier alpha value is -0.860. The number of methoxy groups -OCH3 is 1. The fourth-order valence-corrected chi connectivity index (χ4v) is 2.85. The van der Waals surface area contributed by atoms with Gasteiger partial charge in [0.05, 0.1) is 6.61 Å². The fourth-order valence-electron chi connectivity index (χ4n) is 2.85. The van der Waals surface area contributed by atoms with E-state index in [0.29, 0.717) is 6.04 Å². The summed E-state index contributed by atoms with van der Waals surface area (Å²) in [5.41, 5.74) is 2.82. The third-order valence-corrected chi connectivity index (χ3v) is 4.41. The number of ether oxygens (including phenoxy) is 1.